The predicted molar refractivity (Wildman–Crippen MR) is 120 cm³/mol. The smallest absolute Gasteiger partial charge is 0.277 e. The van der Waals surface area contributed by atoms with Crippen LogP contribution in [0.2, 0.25) is 0 Å². The summed E-state index contributed by atoms with van der Waals surface area (Å²) in [4.78, 5) is 38.7. The van der Waals surface area contributed by atoms with E-state index >= 15 is 0 Å². The Kier molecular flexibility index (Phi) is 6.32. The third-order valence-electron chi connectivity index (χ3n) is 4.98. The van der Waals surface area contributed by atoms with Crippen molar-refractivity contribution in [1.29, 1.82) is 0 Å². The number of halogens is 3. The van der Waals surface area contributed by atoms with Crippen molar-refractivity contribution in [2.75, 3.05) is 0 Å². The number of benzene rings is 1. The molecule has 0 saturated heterocycles. The number of alkyl halides is 3. The summed E-state index contributed by atoms with van der Waals surface area (Å²) < 4.78 is -1.99. The van der Waals surface area contributed by atoms with Crippen molar-refractivity contribution in [2.24, 2.45) is 15.8 Å². The number of carbonyl (C=O) groups is 2. The highest BCUT2D eigenvalue weighted by Crippen LogP contribution is 2.56. The average Bonchev–Trinajstić information content (AvgIpc) is 2.60. The van der Waals surface area contributed by atoms with Gasteiger partial charge in [-0.1, -0.05) is 64.7 Å². The molecule has 0 N–H and O–H groups in total. The van der Waals surface area contributed by atoms with Gasteiger partial charge >= 0.3 is 0 Å². The summed E-state index contributed by atoms with van der Waals surface area (Å²) in [5.41, 5.74) is -1.24. The van der Waals surface area contributed by atoms with Gasteiger partial charge in [-0.25, -0.2) is 4.99 Å². The zero-order valence-corrected chi connectivity index (χ0v) is 19.8. The second-order valence-electron chi connectivity index (χ2n) is 9.23. The SMILES string of the molecule is CC(C)(C)C1=CC(=NC(=O)c2ccc([N+](=O)[O-])cc2)C(Cl)(Cl)[C@](Cl)(C(C)(C)C)C1=O. The van der Waals surface area contributed by atoms with Crippen LogP contribution >= 0.6 is 34.8 Å². The molecule has 0 aromatic heterocycles. The number of non-ortho nitro benzene ring substituents is 1. The summed E-state index contributed by atoms with van der Waals surface area (Å²) in [6, 6.07) is 4.97. The van der Waals surface area contributed by atoms with Crippen LogP contribution in [0, 0.1) is 20.9 Å². The quantitative estimate of drug-likeness (QED) is 0.302. The van der Waals surface area contributed by atoms with E-state index in [9.17, 15) is 19.7 Å². The molecule has 9 heteroatoms. The molecule has 1 atom stereocenters. The minimum absolute atomic E-state index is 0.0522. The van der Waals surface area contributed by atoms with E-state index in [1.807, 2.05) is 20.8 Å². The Bertz CT molecular complexity index is 967. The monoisotopic (exact) mass is 472 g/mol. The Morgan fingerprint density at radius 3 is 1.93 bits per heavy atom. The molecule has 1 aromatic rings. The van der Waals surface area contributed by atoms with E-state index in [1.165, 1.54) is 30.3 Å². The minimum atomic E-state index is -1.99. The third kappa shape index (κ3) is 4.05. The molecule has 0 unspecified atom stereocenters. The van der Waals surface area contributed by atoms with E-state index < -0.39 is 36.7 Å². The van der Waals surface area contributed by atoms with Crippen molar-refractivity contribution in [1.82, 2.24) is 0 Å². The number of aliphatic imine (C=N–C) groups is 1. The standard InChI is InChI=1S/C21H23Cl3N2O4/c1-18(2,3)14-11-15(21(23,24)20(22,16(14)27)19(4,5)6)25-17(28)12-7-9-13(10-8-12)26(29)30/h7-11H,1-6H3/t20-/m1/s1. The molecule has 0 bridgehead atoms. The average molecular weight is 474 g/mol. The van der Waals surface area contributed by atoms with E-state index in [4.69, 9.17) is 34.8 Å². The molecule has 0 radical (unpaired) electrons. The maximum Gasteiger partial charge on any atom is 0.277 e. The number of hydrogen-bond donors (Lipinski definition) is 0. The molecule has 162 valence electrons. The topological polar surface area (TPSA) is 89.6 Å². The van der Waals surface area contributed by atoms with Crippen LogP contribution in [0.3, 0.4) is 0 Å². The normalized spacial score (nSPS) is 23.3. The number of nitro groups is 1. The van der Waals surface area contributed by atoms with Gasteiger partial charge in [0.25, 0.3) is 11.6 Å². The van der Waals surface area contributed by atoms with Crippen LogP contribution in [0.15, 0.2) is 40.9 Å². The van der Waals surface area contributed by atoms with Gasteiger partial charge in [0.05, 0.1) is 10.6 Å². The molecule has 1 aromatic carbocycles. The van der Waals surface area contributed by atoms with Gasteiger partial charge in [0.1, 0.15) is 0 Å². The predicted octanol–water partition coefficient (Wildman–Crippen LogP) is 5.93. The number of nitrogens with zero attached hydrogens (tertiary/aromatic N) is 2. The first-order chi connectivity index (χ1) is 13.4. The molecule has 1 amide bonds. The van der Waals surface area contributed by atoms with Gasteiger partial charge in [0.15, 0.2) is 15.0 Å². The van der Waals surface area contributed by atoms with Crippen molar-refractivity contribution in [3.8, 4) is 0 Å². The van der Waals surface area contributed by atoms with Crippen LogP contribution in [0.5, 0.6) is 0 Å². The van der Waals surface area contributed by atoms with Crippen molar-refractivity contribution < 1.29 is 14.5 Å². The third-order valence-corrected chi connectivity index (χ3v) is 7.15. The van der Waals surface area contributed by atoms with E-state index in [2.05, 4.69) is 4.99 Å². The highest BCUT2D eigenvalue weighted by atomic mass is 35.5. The Balaban J connectivity index is 2.68. The lowest BCUT2D eigenvalue weighted by Gasteiger charge is -2.49. The van der Waals surface area contributed by atoms with Crippen molar-refractivity contribution in [2.45, 2.75) is 50.7 Å². The summed E-state index contributed by atoms with van der Waals surface area (Å²) in [5.74, 6) is -1.13. The summed E-state index contributed by atoms with van der Waals surface area (Å²) >= 11 is 20.1. The van der Waals surface area contributed by atoms with Crippen LogP contribution < -0.4 is 0 Å². The fourth-order valence-corrected chi connectivity index (χ4v) is 4.30. The molecule has 0 spiro atoms. The summed E-state index contributed by atoms with van der Waals surface area (Å²) in [6.45, 7) is 10.7. The second-order valence-corrected chi connectivity index (χ2v) is 11.1. The number of allylic oxidation sites excluding steroid dienone is 2. The van der Waals surface area contributed by atoms with Crippen molar-refractivity contribution in [3.63, 3.8) is 0 Å². The molecule has 30 heavy (non-hydrogen) atoms. The molecule has 0 aliphatic heterocycles. The first kappa shape index (κ1) is 24.5. The number of carbonyl (C=O) groups excluding carboxylic acids is 2. The number of Topliss-reactive ketones (excluding diaryl/α,β-unsaturated/α-hetero) is 1. The van der Waals surface area contributed by atoms with E-state index in [-0.39, 0.29) is 17.0 Å². The molecule has 0 fully saturated rings. The van der Waals surface area contributed by atoms with Gasteiger partial charge in [-0.05, 0) is 29.0 Å². The Hall–Kier alpha value is -1.76. The number of rotatable bonds is 2. The van der Waals surface area contributed by atoms with Gasteiger partial charge in [-0.15, -0.1) is 11.6 Å². The van der Waals surface area contributed by atoms with Crippen LogP contribution in [-0.4, -0.2) is 31.5 Å². The van der Waals surface area contributed by atoms with Gasteiger partial charge < -0.3 is 0 Å². The lowest BCUT2D eigenvalue weighted by atomic mass is 9.65. The van der Waals surface area contributed by atoms with E-state index in [0.717, 1.165) is 0 Å². The lowest BCUT2D eigenvalue weighted by Crippen LogP contribution is -2.63. The summed E-state index contributed by atoms with van der Waals surface area (Å²) in [5, 5.41) is 10.8. The Labute approximate surface area is 190 Å². The second kappa shape index (κ2) is 7.74. The number of amides is 1. The zero-order valence-electron chi connectivity index (χ0n) is 17.5. The molecule has 2 rings (SSSR count). The van der Waals surface area contributed by atoms with Gasteiger partial charge in [0.2, 0.25) is 0 Å². The molecule has 1 aliphatic rings. The maximum atomic E-state index is 13.4. The van der Waals surface area contributed by atoms with Crippen molar-refractivity contribution in [3.05, 3.63) is 51.6 Å². The van der Waals surface area contributed by atoms with Gasteiger partial charge in [-0.3, -0.25) is 19.7 Å². The van der Waals surface area contributed by atoms with Crippen LogP contribution in [-0.2, 0) is 4.79 Å². The number of ketones is 1. The largest absolute Gasteiger partial charge is 0.292 e. The number of hydrogen-bond acceptors (Lipinski definition) is 4. The summed E-state index contributed by atoms with van der Waals surface area (Å²) in [6.07, 6.45) is 1.41. The first-order valence-corrected chi connectivity index (χ1v) is 10.3. The van der Waals surface area contributed by atoms with E-state index in [1.54, 1.807) is 20.8 Å². The van der Waals surface area contributed by atoms with Crippen LogP contribution in [0.1, 0.15) is 51.9 Å². The Morgan fingerprint density at radius 1 is 1.03 bits per heavy atom. The highest BCUT2D eigenvalue weighted by Gasteiger charge is 2.66. The molecular weight excluding hydrogens is 451 g/mol. The zero-order chi connectivity index (χ0) is 23.3. The molecule has 0 saturated carbocycles. The molecule has 0 heterocycles. The Morgan fingerprint density at radius 2 is 1.53 bits per heavy atom. The molecule has 1 aliphatic carbocycles. The van der Waals surface area contributed by atoms with Gasteiger partial charge in [0, 0.05) is 23.3 Å². The first-order valence-electron chi connectivity index (χ1n) is 9.16. The minimum Gasteiger partial charge on any atom is -0.292 e. The fourth-order valence-electron chi connectivity index (χ4n) is 3.17. The fraction of sp³-hybridized carbons (Fsp3) is 0.476. The highest BCUT2D eigenvalue weighted by molar-refractivity contribution is 6.69. The molecule has 6 nitrogen and oxygen atoms in total. The number of nitro benzene ring substituents is 1. The van der Waals surface area contributed by atoms with Crippen LogP contribution in [0.25, 0.3) is 0 Å². The van der Waals surface area contributed by atoms with E-state index in [0.29, 0.717) is 5.57 Å². The van der Waals surface area contributed by atoms with Crippen LogP contribution in [0.4, 0.5) is 5.69 Å². The van der Waals surface area contributed by atoms with Crippen molar-refractivity contribution >= 4 is 57.9 Å². The van der Waals surface area contributed by atoms with Gasteiger partial charge in [-0.2, -0.15) is 0 Å². The maximum absolute atomic E-state index is 13.4. The molecular formula is C21H23Cl3N2O4. The lowest BCUT2D eigenvalue weighted by molar-refractivity contribution is -0.384. The summed E-state index contributed by atoms with van der Waals surface area (Å²) in [7, 11) is 0.